The van der Waals surface area contributed by atoms with Crippen LogP contribution < -0.4 is 5.73 Å². The molecule has 6 heteroatoms. The van der Waals surface area contributed by atoms with Crippen LogP contribution in [-0.2, 0) is 11.8 Å². The van der Waals surface area contributed by atoms with Gasteiger partial charge in [-0.05, 0) is 38.8 Å². The molecule has 2 fully saturated rings. The van der Waals surface area contributed by atoms with Gasteiger partial charge in [0.2, 0.25) is 5.91 Å². The maximum atomic E-state index is 12.6. The molecule has 0 bridgehead atoms. The molecule has 0 saturated carbocycles. The number of nitrogens with two attached hydrogens (primary N) is 1. The van der Waals surface area contributed by atoms with Crippen LogP contribution in [-0.4, -0.2) is 58.2 Å². The van der Waals surface area contributed by atoms with E-state index in [9.17, 15) is 4.79 Å². The lowest BCUT2D eigenvalue weighted by Crippen LogP contribution is -2.55. The minimum Gasteiger partial charge on any atom is -0.341 e. The Morgan fingerprint density at radius 1 is 1.38 bits per heavy atom. The van der Waals surface area contributed by atoms with E-state index in [1.165, 1.54) is 19.4 Å². The number of carbonyl (C=O) groups excluding carboxylic acids is 1. The molecule has 1 aromatic heterocycles. The van der Waals surface area contributed by atoms with Crippen LogP contribution in [0.1, 0.15) is 30.9 Å². The fourth-order valence-electron chi connectivity index (χ4n) is 3.79. The third-order valence-electron chi connectivity index (χ3n) is 5.01. The molecule has 2 N–H and O–H groups in total. The molecule has 0 aliphatic carbocycles. The van der Waals surface area contributed by atoms with Crippen LogP contribution in [0.2, 0.25) is 0 Å². The van der Waals surface area contributed by atoms with Crippen molar-refractivity contribution >= 4 is 5.91 Å². The highest BCUT2D eigenvalue weighted by atomic mass is 16.2. The molecule has 6 nitrogen and oxygen atoms in total. The number of hydrogen-bond donors (Lipinski definition) is 1. The normalized spacial score (nSPS) is 28.2. The molecular formula is C15H25N5O. The molecule has 3 rings (SSSR count). The van der Waals surface area contributed by atoms with Gasteiger partial charge < -0.3 is 15.5 Å². The van der Waals surface area contributed by atoms with Gasteiger partial charge in [0, 0.05) is 37.9 Å². The zero-order valence-corrected chi connectivity index (χ0v) is 12.9. The van der Waals surface area contributed by atoms with Crippen LogP contribution >= 0.6 is 0 Å². The van der Waals surface area contributed by atoms with Crippen molar-refractivity contribution in [3.63, 3.8) is 0 Å². The second kappa shape index (κ2) is 5.77. The third kappa shape index (κ3) is 2.82. The topological polar surface area (TPSA) is 67.4 Å². The molecule has 3 atom stereocenters. The monoisotopic (exact) mass is 291 g/mol. The largest absolute Gasteiger partial charge is 0.341 e. The Morgan fingerprint density at radius 3 is 2.90 bits per heavy atom. The summed E-state index contributed by atoms with van der Waals surface area (Å²) in [5, 5.41) is 4.10. The molecule has 1 amide bonds. The minimum atomic E-state index is -0.587. The Morgan fingerprint density at radius 2 is 2.19 bits per heavy atom. The number of aryl methyl sites for hydroxylation is 1. The Balaban J connectivity index is 1.66. The van der Waals surface area contributed by atoms with Crippen molar-refractivity contribution in [2.45, 2.75) is 31.3 Å². The van der Waals surface area contributed by atoms with Gasteiger partial charge in [-0.3, -0.25) is 9.48 Å². The van der Waals surface area contributed by atoms with Gasteiger partial charge in [-0.15, -0.1) is 0 Å². The minimum absolute atomic E-state index is 0.0367. The molecule has 2 saturated heterocycles. The Labute approximate surface area is 125 Å². The second-order valence-corrected chi connectivity index (χ2v) is 6.45. The number of carbonyl (C=O) groups is 1. The summed E-state index contributed by atoms with van der Waals surface area (Å²) in [4.78, 5) is 17.0. The zero-order chi connectivity index (χ0) is 15.0. The molecule has 2 aliphatic heterocycles. The van der Waals surface area contributed by atoms with Gasteiger partial charge >= 0.3 is 0 Å². The molecule has 21 heavy (non-hydrogen) atoms. The van der Waals surface area contributed by atoms with Crippen LogP contribution in [0.25, 0.3) is 0 Å². The van der Waals surface area contributed by atoms with Crippen molar-refractivity contribution in [3.05, 3.63) is 18.0 Å². The van der Waals surface area contributed by atoms with Gasteiger partial charge in [0.05, 0.1) is 6.20 Å². The summed E-state index contributed by atoms with van der Waals surface area (Å²) in [7, 11) is 4.04. The lowest BCUT2D eigenvalue weighted by Gasteiger charge is -2.46. The number of aromatic nitrogens is 2. The highest BCUT2D eigenvalue weighted by molar-refractivity contribution is 5.83. The van der Waals surface area contributed by atoms with Crippen molar-refractivity contribution < 1.29 is 4.79 Å². The Kier molecular flexibility index (Phi) is 3.99. The fourth-order valence-corrected chi connectivity index (χ4v) is 3.79. The molecule has 3 heterocycles. The van der Waals surface area contributed by atoms with E-state index in [0.29, 0.717) is 12.0 Å². The summed E-state index contributed by atoms with van der Waals surface area (Å²) in [6.07, 6.45) is 7.02. The predicted molar refractivity (Wildman–Crippen MR) is 80.5 cm³/mol. The van der Waals surface area contributed by atoms with E-state index in [2.05, 4.69) is 17.0 Å². The number of hydrogen-bond acceptors (Lipinski definition) is 4. The number of piperidine rings is 2. The first-order chi connectivity index (χ1) is 10.1. The summed E-state index contributed by atoms with van der Waals surface area (Å²) < 4.78 is 1.69. The smallest absolute Gasteiger partial charge is 0.244 e. The highest BCUT2D eigenvalue weighted by Gasteiger charge is 2.37. The van der Waals surface area contributed by atoms with Crippen molar-refractivity contribution in [3.8, 4) is 0 Å². The van der Waals surface area contributed by atoms with Crippen molar-refractivity contribution in [2.24, 2.45) is 18.7 Å². The highest BCUT2D eigenvalue weighted by Crippen LogP contribution is 2.30. The van der Waals surface area contributed by atoms with E-state index in [1.807, 2.05) is 18.1 Å². The maximum Gasteiger partial charge on any atom is 0.244 e. The summed E-state index contributed by atoms with van der Waals surface area (Å²) in [6.45, 7) is 2.85. The molecule has 116 valence electrons. The van der Waals surface area contributed by atoms with Gasteiger partial charge in [-0.25, -0.2) is 0 Å². The van der Waals surface area contributed by atoms with E-state index >= 15 is 0 Å². The van der Waals surface area contributed by atoms with E-state index in [4.69, 9.17) is 5.73 Å². The van der Waals surface area contributed by atoms with E-state index < -0.39 is 6.04 Å². The Hall–Kier alpha value is -1.40. The SMILES string of the molecule is CN1CCCC2CN(C(=O)C(N)c3cnn(C)c3)CCC21. The number of fused-ring (bicyclic) bond motifs is 1. The van der Waals surface area contributed by atoms with Crippen LogP contribution in [0.15, 0.2) is 12.4 Å². The first-order valence-corrected chi connectivity index (χ1v) is 7.79. The molecule has 2 aliphatic rings. The predicted octanol–water partition coefficient (Wildman–Crippen LogP) is 0.363. The quantitative estimate of drug-likeness (QED) is 0.854. The third-order valence-corrected chi connectivity index (χ3v) is 5.01. The fraction of sp³-hybridized carbons (Fsp3) is 0.733. The lowest BCUT2D eigenvalue weighted by atomic mass is 9.84. The van der Waals surface area contributed by atoms with Gasteiger partial charge in [0.1, 0.15) is 6.04 Å². The average Bonchev–Trinajstić information content (AvgIpc) is 2.92. The summed E-state index contributed by atoms with van der Waals surface area (Å²) in [6, 6.07) is 0.0500. The molecule has 0 spiro atoms. The zero-order valence-electron chi connectivity index (χ0n) is 12.9. The van der Waals surface area contributed by atoms with E-state index in [1.54, 1.807) is 10.9 Å². The van der Waals surface area contributed by atoms with E-state index in [0.717, 1.165) is 25.1 Å². The van der Waals surface area contributed by atoms with E-state index in [-0.39, 0.29) is 5.91 Å². The number of rotatable bonds is 2. The molecule has 0 aromatic carbocycles. The average molecular weight is 291 g/mol. The summed E-state index contributed by atoms with van der Waals surface area (Å²) >= 11 is 0. The maximum absolute atomic E-state index is 12.6. The number of amides is 1. The Bertz CT molecular complexity index is 514. The number of likely N-dealkylation sites (tertiary alicyclic amines) is 2. The van der Waals surface area contributed by atoms with Gasteiger partial charge in [-0.2, -0.15) is 5.10 Å². The van der Waals surface area contributed by atoms with Gasteiger partial charge in [0.15, 0.2) is 0 Å². The van der Waals surface area contributed by atoms with Crippen LogP contribution in [0, 0.1) is 5.92 Å². The molecule has 0 radical (unpaired) electrons. The van der Waals surface area contributed by atoms with Crippen LogP contribution in [0.3, 0.4) is 0 Å². The molecule has 3 unspecified atom stereocenters. The van der Waals surface area contributed by atoms with Crippen molar-refractivity contribution in [2.75, 3.05) is 26.7 Å². The van der Waals surface area contributed by atoms with Gasteiger partial charge in [-0.1, -0.05) is 0 Å². The second-order valence-electron chi connectivity index (χ2n) is 6.45. The first-order valence-electron chi connectivity index (χ1n) is 7.79. The molecular weight excluding hydrogens is 266 g/mol. The van der Waals surface area contributed by atoms with Gasteiger partial charge in [0.25, 0.3) is 0 Å². The summed E-state index contributed by atoms with van der Waals surface area (Å²) in [5.41, 5.74) is 6.92. The summed E-state index contributed by atoms with van der Waals surface area (Å²) in [5.74, 6) is 0.636. The standard InChI is InChI=1S/C15H25N5O/c1-18-6-3-4-11-10-20(7-5-13(11)18)15(21)14(16)12-8-17-19(2)9-12/h8-9,11,13-14H,3-7,10,16H2,1-2H3. The molecule has 1 aromatic rings. The van der Waals surface area contributed by atoms with Crippen molar-refractivity contribution in [1.82, 2.24) is 19.6 Å². The lowest BCUT2D eigenvalue weighted by molar-refractivity contribution is -0.136. The van der Waals surface area contributed by atoms with Crippen LogP contribution in [0.4, 0.5) is 0 Å². The number of nitrogens with zero attached hydrogens (tertiary/aromatic N) is 4. The van der Waals surface area contributed by atoms with Crippen molar-refractivity contribution in [1.29, 1.82) is 0 Å². The first kappa shape index (κ1) is 14.5. The van der Waals surface area contributed by atoms with Crippen LogP contribution in [0.5, 0.6) is 0 Å².